The molecule has 0 aliphatic heterocycles. The first kappa shape index (κ1) is 9.25. The lowest BCUT2D eigenvalue weighted by atomic mass is 10.0. The van der Waals surface area contributed by atoms with Gasteiger partial charge in [-0.2, -0.15) is 0 Å². The van der Waals surface area contributed by atoms with Crippen LogP contribution in [0.2, 0.25) is 4.34 Å². The highest BCUT2D eigenvalue weighted by molar-refractivity contribution is 7.14. The Bertz CT molecular complexity index is 329. The van der Waals surface area contributed by atoms with Crippen LogP contribution in [-0.2, 0) is 0 Å². The van der Waals surface area contributed by atoms with Crippen molar-refractivity contribution in [1.82, 2.24) is 0 Å². The number of hydrogen-bond acceptors (Lipinski definition) is 2. The average molecular weight is 214 g/mol. The maximum atomic E-state index is 6.09. The van der Waals surface area contributed by atoms with Gasteiger partial charge in [-0.1, -0.05) is 23.3 Å². The van der Waals surface area contributed by atoms with Gasteiger partial charge < -0.3 is 5.73 Å². The number of hydrogen-bond donors (Lipinski definition) is 1. The Morgan fingerprint density at radius 3 is 2.92 bits per heavy atom. The Balaban J connectivity index is 2.16. The van der Waals surface area contributed by atoms with E-state index in [-0.39, 0.29) is 6.04 Å². The molecule has 0 radical (unpaired) electrons. The molecular formula is C10H12ClNS. The lowest BCUT2D eigenvalue weighted by molar-refractivity contribution is 0.787. The molecule has 13 heavy (non-hydrogen) atoms. The number of allylic oxidation sites excluding steroid dienone is 1. The van der Waals surface area contributed by atoms with Crippen molar-refractivity contribution in [2.75, 3.05) is 0 Å². The fourth-order valence-corrected chi connectivity index (χ4v) is 2.61. The van der Waals surface area contributed by atoms with E-state index in [4.69, 9.17) is 17.3 Å². The maximum absolute atomic E-state index is 6.09. The minimum Gasteiger partial charge on any atom is -0.321 e. The zero-order valence-corrected chi connectivity index (χ0v) is 8.87. The molecule has 1 unspecified atom stereocenters. The number of thiophene rings is 1. The summed E-state index contributed by atoms with van der Waals surface area (Å²) in [6.45, 7) is 0. The van der Waals surface area contributed by atoms with E-state index in [9.17, 15) is 0 Å². The molecule has 1 aromatic rings. The summed E-state index contributed by atoms with van der Waals surface area (Å²) in [5.74, 6) is 0. The second-order valence-corrected chi connectivity index (χ2v) is 4.88. The summed E-state index contributed by atoms with van der Waals surface area (Å²) < 4.78 is 0.823. The number of halogens is 1. The molecule has 2 N–H and O–H groups in total. The molecule has 1 atom stereocenters. The lowest BCUT2D eigenvalue weighted by Gasteiger charge is -2.10. The van der Waals surface area contributed by atoms with Crippen LogP contribution in [0.25, 0.3) is 0 Å². The van der Waals surface area contributed by atoms with E-state index >= 15 is 0 Å². The van der Waals surface area contributed by atoms with E-state index in [1.54, 1.807) is 11.3 Å². The molecule has 1 nitrogen and oxygen atoms in total. The normalized spacial score (nSPS) is 18.8. The van der Waals surface area contributed by atoms with Crippen LogP contribution in [-0.4, -0.2) is 0 Å². The van der Waals surface area contributed by atoms with Gasteiger partial charge in [0.25, 0.3) is 0 Å². The summed E-state index contributed by atoms with van der Waals surface area (Å²) >= 11 is 7.40. The van der Waals surface area contributed by atoms with Crippen molar-refractivity contribution in [3.05, 3.63) is 33.0 Å². The molecule has 0 aromatic carbocycles. The highest BCUT2D eigenvalue weighted by Gasteiger charge is 2.15. The fraction of sp³-hybridized carbons (Fsp3) is 0.400. The third-order valence-corrected chi connectivity index (χ3v) is 3.53. The van der Waals surface area contributed by atoms with E-state index in [2.05, 4.69) is 6.08 Å². The Labute approximate surface area is 87.2 Å². The minimum absolute atomic E-state index is 0.0752. The highest BCUT2D eigenvalue weighted by atomic mass is 35.5. The predicted molar refractivity (Wildman–Crippen MR) is 58.2 cm³/mol. The maximum Gasteiger partial charge on any atom is 0.0931 e. The second kappa shape index (κ2) is 3.82. The van der Waals surface area contributed by atoms with Crippen LogP contribution in [0, 0.1) is 0 Å². The van der Waals surface area contributed by atoms with Crippen LogP contribution in [0.5, 0.6) is 0 Å². The summed E-state index contributed by atoms with van der Waals surface area (Å²) in [6, 6.07) is 2.04. The van der Waals surface area contributed by atoms with E-state index in [1.807, 2.05) is 11.4 Å². The van der Waals surface area contributed by atoms with Crippen molar-refractivity contribution in [1.29, 1.82) is 0 Å². The minimum atomic E-state index is 0.0752. The quantitative estimate of drug-likeness (QED) is 0.748. The second-order valence-electron chi connectivity index (χ2n) is 3.33. The molecule has 0 saturated heterocycles. The van der Waals surface area contributed by atoms with Crippen molar-refractivity contribution in [2.45, 2.75) is 25.3 Å². The first-order chi connectivity index (χ1) is 6.27. The van der Waals surface area contributed by atoms with Crippen molar-refractivity contribution in [2.24, 2.45) is 5.73 Å². The van der Waals surface area contributed by atoms with Crippen LogP contribution in [0.1, 0.15) is 30.9 Å². The molecule has 70 valence electrons. The predicted octanol–water partition coefficient (Wildman–Crippen LogP) is 3.51. The van der Waals surface area contributed by atoms with Gasteiger partial charge in [0.1, 0.15) is 0 Å². The Kier molecular flexibility index (Phi) is 2.72. The Morgan fingerprint density at radius 2 is 2.38 bits per heavy atom. The van der Waals surface area contributed by atoms with Gasteiger partial charge >= 0.3 is 0 Å². The average Bonchev–Trinajstić information content (AvgIpc) is 2.72. The molecule has 0 bridgehead atoms. The highest BCUT2D eigenvalue weighted by Crippen LogP contribution is 2.32. The fourth-order valence-electron chi connectivity index (χ4n) is 1.68. The molecule has 1 aliphatic carbocycles. The van der Waals surface area contributed by atoms with Gasteiger partial charge in [0, 0.05) is 0 Å². The summed E-state index contributed by atoms with van der Waals surface area (Å²) in [4.78, 5) is 0. The molecule has 0 amide bonds. The monoisotopic (exact) mass is 213 g/mol. The SMILES string of the molecule is NC(C1=CCCC1)c1csc(Cl)c1. The van der Waals surface area contributed by atoms with E-state index in [0.717, 1.165) is 16.3 Å². The molecule has 3 heteroatoms. The summed E-state index contributed by atoms with van der Waals surface area (Å²) in [6.07, 6.45) is 5.84. The molecular weight excluding hydrogens is 202 g/mol. The Morgan fingerprint density at radius 1 is 1.54 bits per heavy atom. The van der Waals surface area contributed by atoms with Gasteiger partial charge in [-0.15, -0.1) is 11.3 Å². The standard InChI is InChI=1S/C10H12ClNS/c11-9-5-8(6-13-9)10(12)7-3-1-2-4-7/h3,5-6,10H,1-2,4,12H2. The van der Waals surface area contributed by atoms with Gasteiger partial charge in [0.2, 0.25) is 0 Å². The van der Waals surface area contributed by atoms with Crippen LogP contribution in [0.3, 0.4) is 0 Å². The summed E-state index contributed by atoms with van der Waals surface area (Å²) in [5, 5.41) is 2.05. The molecule has 1 aliphatic rings. The zero-order chi connectivity index (χ0) is 9.26. The van der Waals surface area contributed by atoms with Crippen LogP contribution < -0.4 is 5.73 Å². The van der Waals surface area contributed by atoms with Crippen molar-refractivity contribution >= 4 is 22.9 Å². The zero-order valence-electron chi connectivity index (χ0n) is 7.29. The van der Waals surface area contributed by atoms with Crippen LogP contribution >= 0.6 is 22.9 Å². The van der Waals surface area contributed by atoms with Crippen molar-refractivity contribution in [3.63, 3.8) is 0 Å². The van der Waals surface area contributed by atoms with Crippen LogP contribution in [0.15, 0.2) is 23.1 Å². The summed E-state index contributed by atoms with van der Waals surface area (Å²) in [5.41, 5.74) is 8.62. The third kappa shape index (κ3) is 1.96. The van der Waals surface area contributed by atoms with E-state index < -0.39 is 0 Å². The van der Waals surface area contributed by atoms with Crippen molar-refractivity contribution in [3.8, 4) is 0 Å². The lowest BCUT2D eigenvalue weighted by Crippen LogP contribution is -2.10. The van der Waals surface area contributed by atoms with Crippen LogP contribution in [0.4, 0.5) is 0 Å². The third-order valence-electron chi connectivity index (χ3n) is 2.42. The molecule has 0 fully saturated rings. The molecule has 0 saturated carbocycles. The number of nitrogens with two attached hydrogens (primary N) is 1. The van der Waals surface area contributed by atoms with Gasteiger partial charge in [0.05, 0.1) is 10.4 Å². The van der Waals surface area contributed by atoms with Gasteiger partial charge in [-0.3, -0.25) is 0 Å². The smallest absolute Gasteiger partial charge is 0.0931 e. The van der Waals surface area contributed by atoms with Crippen molar-refractivity contribution < 1.29 is 0 Å². The van der Waals surface area contributed by atoms with E-state index in [0.29, 0.717) is 0 Å². The molecule has 1 heterocycles. The molecule has 0 spiro atoms. The largest absolute Gasteiger partial charge is 0.321 e. The first-order valence-electron chi connectivity index (χ1n) is 4.46. The first-order valence-corrected chi connectivity index (χ1v) is 5.71. The number of rotatable bonds is 2. The Hall–Kier alpha value is -0.310. The van der Waals surface area contributed by atoms with Gasteiger partial charge in [0.15, 0.2) is 0 Å². The van der Waals surface area contributed by atoms with Gasteiger partial charge in [-0.25, -0.2) is 0 Å². The van der Waals surface area contributed by atoms with Gasteiger partial charge in [-0.05, 0) is 36.3 Å². The molecule has 1 aromatic heterocycles. The molecule has 2 rings (SSSR count). The van der Waals surface area contributed by atoms with E-state index in [1.165, 1.54) is 18.4 Å². The topological polar surface area (TPSA) is 26.0 Å². The summed E-state index contributed by atoms with van der Waals surface area (Å²) in [7, 11) is 0.